The summed E-state index contributed by atoms with van der Waals surface area (Å²) in [5.41, 5.74) is 0. The zero-order chi connectivity index (χ0) is 6.81. The van der Waals surface area contributed by atoms with Crippen molar-refractivity contribution in [3.63, 3.8) is 0 Å². The Kier molecular flexibility index (Phi) is 1.10. The van der Waals surface area contributed by atoms with Gasteiger partial charge in [0.05, 0.1) is 11.7 Å². The predicted octanol–water partition coefficient (Wildman–Crippen LogP) is -1.09. The van der Waals surface area contributed by atoms with Gasteiger partial charge in [0.25, 0.3) is 5.95 Å². The first kappa shape index (κ1) is 5.35. The maximum atomic E-state index is 3.80. The highest BCUT2D eigenvalue weighted by molar-refractivity contribution is 6.98. The fraction of sp³-hybridized carbons (Fsp3) is 0. The number of hydrogen-bond donors (Lipinski definition) is 0. The number of hydrogen-bond acceptors (Lipinski definition) is 7. The second-order valence-corrected chi connectivity index (χ2v) is 1.92. The maximum absolute atomic E-state index is 3.80. The third-order valence-corrected chi connectivity index (χ3v) is 1.24. The topological polar surface area (TPSA) is 82.3 Å². The van der Waals surface area contributed by atoms with E-state index in [0.717, 1.165) is 11.7 Å². The van der Waals surface area contributed by atoms with Crippen LogP contribution in [0.25, 0.3) is 5.95 Å². The van der Waals surface area contributed by atoms with Crippen LogP contribution in [0.3, 0.4) is 0 Å². The Morgan fingerprint density at radius 2 is 2.50 bits per heavy atom. The summed E-state index contributed by atoms with van der Waals surface area (Å²) >= 11 is 1.01. The minimum absolute atomic E-state index is 0.398. The summed E-state index contributed by atoms with van der Waals surface area (Å²) in [5.74, 6) is 0.398. The number of aromatic nitrogens is 7. The van der Waals surface area contributed by atoms with Crippen LogP contribution in [0.2, 0.25) is 0 Å². The molecule has 0 fully saturated rings. The summed E-state index contributed by atoms with van der Waals surface area (Å²) in [4.78, 5) is 0. The minimum Gasteiger partial charge on any atom is -0.163 e. The Morgan fingerprint density at radius 1 is 1.50 bits per heavy atom. The molecule has 10 heavy (non-hydrogen) atoms. The van der Waals surface area contributed by atoms with Gasteiger partial charge < -0.3 is 0 Å². The molecule has 7 nitrogen and oxygen atoms in total. The van der Waals surface area contributed by atoms with Crippen LogP contribution in [-0.4, -0.2) is 34.2 Å². The van der Waals surface area contributed by atoms with E-state index in [1.165, 1.54) is 11.0 Å². The zero-order valence-corrected chi connectivity index (χ0v) is 5.43. The van der Waals surface area contributed by atoms with Gasteiger partial charge in [-0.1, -0.05) is 9.59 Å². The predicted molar refractivity (Wildman–Crippen MR) is 30.4 cm³/mol. The number of rotatable bonds is 1. The molecule has 2 rings (SSSR count). The molecule has 2 heterocycles. The van der Waals surface area contributed by atoms with Gasteiger partial charge in [0, 0.05) is 0 Å². The van der Waals surface area contributed by atoms with Crippen LogP contribution in [0.4, 0.5) is 0 Å². The lowest BCUT2D eigenvalue weighted by Crippen LogP contribution is -1.96. The van der Waals surface area contributed by atoms with Crippen LogP contribution in [0.5, 0.6) is 0 Å². The summed E-state index contributed by atoms with van der Waals surface area (Å²) in [6.45, 7) is 0. The van der Waals surface area contributed by atoms with Gasteiger partial charge in [-0.25, -0.2) is 0 Å². The highest BCUT2D eigenvalue weighted by atomic mass is 32.1. The molecule has 8 heteroatoms. The van der Waals surface area contributed by atoms with E-state index in [1.807, 2.05) is 0 Å². The molecular weight excluding hydrogens is 154 g/mol. The lowest BCUT2D eigenvalue weighted by Gasteiger charge is -1.82. The summed E-state index contributed by atoms with van der Waals surface area (Å²) in [6, 6.07) is 0. The van der Waals surface area contributed by atoms with E-state index < -0.39 is 0 Å². The van der Waals surface area contributed by atoms with E-state index in [2.05, 4.69) is 29.5 Å². The lowest BCUT2D eigenvalue weighted by molar-refractivity contribution is 0.751. The summed E-state index contributed by atoms with van der Waals surface area (Å²) in [7, 11) is 0. The van der Waals surface area contributed by atoms with E-state index >= 15 is 0 Å². The van der Waals surface area contributed by atoms with Crippen molar-refractivity contribution in [1.82, 2.24) is 34.2 Å². The molecule has 0 aliphatic rings. The first-order valence-electron chi connectivity index (χ1n) is 2.35. The van der Waals surface area contributed by atoms with Gasteiger partial charge in [-0.15, -0.1) is 9.47 Å². The van der Waals surface area contributed by atoms with Crippen molar-refractivity contribution < 1.29 is 0 Å². The van der Waals surface area contributed by atoms with E-state index in [4.69, 9.17) is 0 Å². The molecule has 0 amide bonds. The lowest BCUT2D eigenvalue weighted by atomic mass is 11.0. The molecule has 2 aromatic heterocycles. The van der Waals surface area contributed by atoms with Gasteiger partial charge in [0.15, 0.2) is 0 Å². The van der Waals surface area contributed by atoms with Crippen molar-refractivity contribution in [3.05, 3.63) is 6.33 Å². The third kappa shape index (κ3) is 0.739. The molecule has 0 N–H and O–H groups in total. The molecule has 0 aromatic carbocycles. The fourth-order valence-electron chi connectivity index (χ4n) is 0.468. The Labute approximate surface area is 59.0 Å². The second-order valence-electron chi connectivity index (χ2n) is 1.41. The normalized spacial score (nSPS) is 10.0. The van der Waals surface area contributed by atoms with Gasteiger partial charge in [0.2, 0.25) is 0 Å². The molecule has 0 bridgehead atoms. The molecular formula is C2HN7S. The third-order valence-electron chi connectivity index (χ3n) is 0.843. The molecule has 0 atom stereocenters. The molecule has 0 aliphatic heterocycles. The minimum atomic E-state index is 0.398. The van der Waals surface area contributed by atoms with E-state index in [0.29, 0.717) is 5.95 Å². The van der Waals surface area contributed by atoms with E-state index in [9.17, 15) is 0 Å². The van der Waals surface area contributed by atoms with Crippen molar-refractivity contribution >= 4 is 11.7 Å². The molecule has 0 unspecified atom stereocenters. The van der Waals surface area contributed by atoms with Gasteiger partial charge in [-0.05, 0) is 10.4 Å². The summed E-state index contributed by atoms with van der Waals surface area (Å²) in [5, 5.41) is 14.0. The maximum Gasteiger partial charge on any atom is 0.286 e. The van der Waals surface area contributed by atoms with Gasteiger partial charge in [-0.3, -0.25) is 0 Å². The highest BCUT2D eigenvalue weighted by Gasteiger charge is 2.00. The SMILES string of the molecule is c1nnnn1-c1nnsn1. The summed E-state index contributed by atoms with van der Waals surface area (Å²) in [6.07, 6.45) is 1.41. The first-order chi connectivity index (χ1) is 4.97. The van der Waals surface area contributed by atoms with Crippen molar-refractivity contribution in [1.29, 1.82) is 0 Å². The molecule has 0 spiro atoms. The van der Waals surface area contributed by atoms with Crippen molar-refractivity contribution in [2.45, 2.75) is 0 Å². The largest absolute Gasteiger partial charge is 0.286 e. The van der Waals surface area contributed by atoms with E-state index in [1.54, 1.807) is 0 Å². The fourth-order valence-corrected chi connectivity index (χ4v) is 0.808. The molecule has 2 aromatic rings. The van der Waals surface area contributed by atoms with Crippen LogP contribution in [0.1, 0.15) is 0 Å². The van der Waals surface area contributed by atoms with Crippen LogP contribution >= 0.6 is 11.7 Å². The smallest absolute Gasteiger partial charge is 0.163 e. The van der Waals surface area contributed by atoms with Crippen molar-refractivity contribution in [2.75, 3.05) is 0 Å². The first-order valence-corrected chi connectivity index (χ1v) is 3.08. The molecule has 0 aliphatic carbocycles. The second kappa shape index (κ2) is 2.06. The molecule has 0 saturated heterocycles. The van der Waals surface area contributed by atoms with Crippen molar-refractivity contribution in [2.24, 2.45) is 0 Å². The Morgan fingerprint density at radius 3 is 3.10 bits per heavy atom. The van der Waals surface area contributed by atoms with Crippen LogP contribution in [0.15, 0.2) is 6.33 Å². The number of tetrazole rings is 1. The Balaban J connectivity index is 2.48. The quantitative estimate of drug-likeness (QED) is 0.520. The average Bonchev–Trinajstić information content (AvgIpc) is 2.59. The standard InChI is InChI=1S/C2HN7S/c1-3-6-7-9(1)2-4-8-10-5-2/h1H. The highest BCUT2D eigenvalue weighted by Crippen LogP contribution is 1.92. The van der Waals surface area contributed by atoms with Crippen LogP contribution in [0, 0.1) is 0 Å². The molecule has 0 radical (unpaired) electrons. The van der Waals surface area contributed by atoms with Crippen LogP contribution in [-0.2, 0) is 0 Å². The van der Waals surface area contributed by atoms with Crippen LogP contribution < -0.4 is 0 Å². The van der Waals surface area contributed by atoms with Gasteiger partial charge >= 0.3 is 0 Å². The van der Waals surface area contributed by atoms with Crippen molar-refractivity contribution in [3.8, 4) is 5.95 Å². The molecule has 50 valence electrons. The van der Waals surface area contributed by atoms with E-state index in [-0.39, 0.29) is 0 Å². The summed E-state index contributed by atoms with van der Waals surface area (Å²) < 4.78 is 8.68. The zero-order valence-electron chi connectivity index (χ0n) is 4.62. The number of nitrogens with zero attached hydrogens (tertiary/aromatic N) is 7. The monoisotopic (exact) mass is 155 g/mol. The van der Waals surface area contributed by atoms with Gasteiger partial charge in [-0.2, -0.15) is 4.68 Å². The van der Waals surface area contributed by atoms with Gasteiger partial charge in [0.1, 0.15) is 6.33 Å². The average molecular weight is 155 g/mol. The Bertz CT molecular complexity index is 251. The molecule has 0 saturated carbocycles. The Hall–Kier alpha value is -1.44.